The maximum atomic E-state index is 10.8. The number of rotatable bonds is 18. The van der Waals surface area contributed by atoms with Crippen molar-refractivity contribution >= 4 is 10.1 Å². The maximum absolute atomic E-state index is 10.8. The van der Waals surface area contributed by atoms with Crippen LogP contribution in [0.2, 0.25) is 0 Å². The highest BCUT2D eigenvalue weighted by molar-refractivity contribution is 7.85. The van der Waals surface area contributed by atoms with Gasteiger partial charge in [0.2, 0.25) is 0 Å². The zero-order valence-corrected chi connectivity index (χ0v) is 18.0. The fourth-order valence-corrected chi connectivity index (χ4v) is 3.93. The van der Waals surface area contributed by atoms with E-state index >= 15 is 0 Å². The smallest absolute Gasteiger partial charge is 0.270 e. The molecule has 0 atom stereocenters. The molecule has 0 bridgehead atoms. The van der Waals surface area contributed by atoms with Gasteiger partial charge in [0, 0.05) is 0 Å². The highest BCUT2D eigenvalue weighted by Gasteiger charge is 2.18. The summed E-state index contributed by atoms with van der Waals surface area (Å²) in [4.78, 5) is 0. The summed E-state index contributed by atoms with van der Waals surface area (Å²) in [7, 11) is 0.239. The number of quaternary nitrogens is 1. The summed E-state index contributed by atoms with van der Waals surface area (Å²) in [5.41, 5.74) is 0. The summed E-state index contributed by atoms with van der Waals surface area (Å²) in [5, 5.41) is 0. The van der Waals surface area contributed by atoms with Gasteiger partial charge in [-0.15, -0.1) is 0 Å². The first kappa shape index (κ1) is 24.9. The van der Waals surface area contributed by atoms with Crippen LogP contribution >= 0.6 is 0 Å². The molecule has 0 rings (SSSR count). The van der Waals surface area contributed by atoms with Crippen molar-refractivity contribution in [3.63, 3.8) is 0 Å². The topological polar surface area (TPSA) is 54.4 Å². The molecule has 0 saturated carbocycles. The molecule has 0 unspecified atom stereocenters. The average molecular weight is 379 g/mol. The summed E-state index contributed by atoms with van der Waals surface area (Å²) in [5.74, 6) is -0.140. The highest BCUT2D eigenvalue weighted by Crippen LogP contribution is 2.13. The van der Waals surface area contributed by atoms with Crippen LogP contribution in [0.4, 0.5) is 0 Å². The van der Waals surface area contributed by atoms with Crippen molar-refractivity contribution < 1.29 is 17.5 Å². The van der Waals surface area contributed by atoms with Gasteiger partial charge in [-0.1, -0.05) is 84.0 Å². The molecule has 4 nitrogen and oxygen atoms in total. The van der Waals surface area contributed by atoms with Gasteiger partial charge in [0.25, 0.3) is 10.1 Å². The standard InChI is InChI=1S/C20H43NO3S/c1-4-5-6-7-8-9-10-11-12-13-14-15-16-17-18-21(2,3)19-20-25(22,23)24/h4-20H2,1-3H3/p+1. The minimum atomic E-state index is -3.83. The highest BCUT2D eigenvalue weighted by atomic mass is 32.2. The second-order valence-electron chi connectivity index (χ2n) is 8.27. The average Bonchev–Trinajstić information content (AvgIpc) is 2.53. The number of hydrogen-bond acceptors (Lipinski definition) is 2. The molecule has 0 amide bonds. The Bertz CT molecular complexity index is 394. The molecule has 0 heterocycles. The SMILES string of the molecule is CCCCCCCCCCCCCCCC[N+](C)(C)CCS(=O)(=O)O. The molecule has 0 aliphatic heterocycles. The van der Waals surface area contributed by atoms with Crippen LogP contribution in [0.5, 0.6) is 0 Å². The van der Waals surface area contributed by atoms with Crippen LogP contribution in [-0.2, 0) is 10.1 Å². The Morgan fingerprint density at radius 2 is 1.00 bits per heavy atom. The molecule has 152 valence electrons. The Labute approximate surface area is 157 Å². The van der Waals surface area contributed by atoms with Gasteiger partial charge in [0.15, 0.2) is 0 Å². The first-order valence-corrected chi connectivity index (χ1v) is 12.1. The van der Waals surface area contributed by atoms with Crippen LogP contribution in [0.1, 0.15) is 96.8 Å². The van der Waals surface area contributed by atoms with Gasteiger partial charge in [-0.2, -0.15) is 8.42 Å². The normalized spacial score (nSPS) is 12.6. The van der Waals surface area contributed by atoms with E-state index in [0.717, 1.165) is 13.0 Å². The lowest BCUT2D eigenvalue weighted by Crippen LogP contribution is -2.43. The molecular weight excluding hydrogens is 334 g/mol. The van der Waals surface area contributed by atoms with Crippen LogP contribution in [0.3, 0.4) is 0 Å². The van der Waals surface area contributed by atoms with Crippen LogP contribution in [0.15, 0.2) is 0 Å². The summed E-state index contributed by atoms with van der Waals surface area (Å²) >= 11 is 0. The third kappa shape index (κ3) is 20.0. The van der Waals surface area contributed by atoms with E-state index < -0.39 is 10.1 Å². The fraction of sp³-hybridized carbons (Fsp3) is 1.00. The Kier molecular flexibility index (Phi) is 14.9. The zero-order chi connectivity index (χ0) is 19.0. The predicted octanol–water partition coefficient (Wildman–Crippen LogP) is 5.43. The van der Waals surface area contributed by atoms with Crippen LogP contribution in [0, 0.1) is 0 Å². The van der Waals surface area contributed by atoms with E-state index in [1.807, 2.05) is 14.1 Å². The summed E-state index contributed by atoms with van der Waals surface area (Å²) in [6.45, 7) is 3.73. The van der Waals surface area contributed by atoms with Crippen molar-refractivity contribution in [2.75, 3.05) is 32.9 Å². The number of nitrogens with zero attached hydrogens (tertiary/aromatic N) is 1. The van der Waals surface area contributed by atoms with E-state index in [2.05, 4.69) is 6.92 Å². The zero-order valence-electron chi connectivity index (χ0n) is 17.1. The summed E-state index contributed by atoms with van der Waals surface area (Å²) in [6.07, 6.45) is 18.9. The minimum absolute atomic E-state index is 0.140. The lowest BCUT2D eigenvalue weighted by atomic mass is 10.0. The molecule has 0 aliphatic carbocycles. The van der Waals surface area contributed by atoms with Gasteiger partial charge in [-0.25, -0.2) is 0 Å². The van der Waals surface area contributed by atoms with Crippen molar-refractivity contribution in [1.29, 1.82) is 0 Å². The van der Waals surface area contributed by atoms with Gasteiger partial charge in [-0.05, 0) is 12.8 Å². The van der Waals surface area contributed by atoms with Crippen molar-refractivity contribution in [3.05, 3.63) is 0 Å². The van der Waals surface area contributed by atoms with Crippen molar-refractivity contribution in [2.45, 2.75) is 96.8 Å². The molecule has 5 heteroatoms. The van der Waals surface area contributed by atoms with E-state index in [1.165, 1.54) is 83.5 Å². The van der Waals surface area contributed by atoms with E-state index in [1.54, 1.807) is 0 Å². The van der Waals surface area contributed by atoms with E-state index in [0.29, 0.717) is 11.0 Å². The van der Waals surface area contributed by atoms with Crippen LogP contribution < -0.4 is 0 Å². The number of unbranched alkanes of at least 4 members (excludes halogenated alkanes) is 13. The molecule has 0 aromatic heterocycles. The lowest BCUT2D eigenvalue weighted by molar-refractivity contribution is -0.888. The van der Waals surface area contributed by atoms with Gasteiger partial charge in [-0.3, -0.25) is 4.55 Å². The first-order valence-electron chi connectivity index (χ1n) is 10.5. The second kappa shape index (κ2) is 15.0. The van der Waals surface area contributed by atoms with Gasteiger partial charge >= 0.3 is 0 Å². The lowest BCUT2D eigenvalue weighted by Gasteiger charge is -2.29. The Morgan fingerprint density at radius 3 is 1.36 bits per heavy atom. The molecule has 0 aromatic rings. The van der Waals surface area contributed by atoms with Crippen molar-refractivity contribution in [2.24, 2.45) is 0 Å². The molecule has 0 radical (unpaired) electrons. The monoisotopic (exact) mass is 378 g/mol. The molecule has 0 saturated heterocycles. The van der Waals surface area contributed by atoms with E-state index in [9.17, 15) is 8.42 Å². The van der Waals surface area contributed by atoms with E-state index in [-0.39, 0.29) is 5.75 Å². The second-order valence-corrected chi connectivity index (χ2v) is 9.84. The molecule has 0 spiro atoms. The third-order valence-electron chi connectivity index (χ3n) is 5.07. The Morgan fingerprint density at radius 1 is 0.640 bits per heavy atom. The van der Waals surface area contributed by atoms with Gasteiger partial charge < -0.3 is 4.48 Å². The molecule has 1 N–H and O–H groups in total. The maximum Gasteiger partial charge on any atom is 0.270 e. The Balaban J connectivity index is 3.33. The third-order valence-corrected chi connectivity index (χ3v) is 5.77. The van der Waals surface area contributed by atoms with Crippen LogP contribution in [-0.4, -0.2) is 50.4 Å². The molecule has 0 aliphatic rings. The minimum Gasteiger partial charge on any atom is -0.328 e. The molecule has 0 fully saturated rings. The molecular formula is C20H44NO3S+. The van der Waals surface area contributed by atoms with Gasteiger partial charge in [0.1, 0.15) is 5.75 Å². The molecule has 25 heavy (non-hydrogen) atoms. The Hall–Kier alpha value is -0.130. The van der Waals surface area contributed by atoms with Gasteiger partial charge in [0.05, 0.1) is 27.2 Å². The summed E-state index contributed by atoms with van der Waals surface area (Å²) in [6, 6.07) is 0. The summed E-state index contributed by atoms with van der Waals surface area (Å²) < 4.78 is 31.2. The van der Waals surface area contributed by atoms with Crippen LogP contribution in [0.25, 0.3) is 0 Å². The fourth-order valence-electron chi connectivity index (χ4n) is 3.21. The predicted molar refractivity (Wildman–Crippen MR) is 109 cm³/mol. The quantitative estimate of drug-likeness (QED) is 0.196. The van der Waals surface area contributed by atoms with E-state index in [4.69, 9.17) is 4.55 Å². The first-order chi connectivity index (χ1) is 11.8. The largest absolute Gasteiger partial charge is 0.328 e. The van der Waals surface area contributed by atoms with Crippen molar-refractivity contribution in [3.8, 4) is 0 Å². The molecule has 0 aromatic carbocycles. The number of hydrogen-bond donors (Lipinski definition) is 1. The van der Waals surface area contributed by atoms with Crippen molar-refractivity contribution in [1.82, 2.24) is 0 Å².